The van der Waals surface area contributed by atoms with Crippen molar-refractivity contribution in [3.8, 4) is 17.8 Å². The zero-order valence-electron chi connectivity index (χ0n) is 12.1. The summed E-state index contributed by atoms with van der Waals surface area (Å²) in [4.78, 5) is 19.0. The average Bonchev–Trinajstić information content (AvgIpc) is 2.50. The van der Waals surface area contributed by atoms with E-state index < -0.39 is 23.7 Å². The minimum Gasteiger partial charge on any atom is -0.481 e. The second kappa shape index (κ2) is 6.86. The average molecular weight is 326 g/mol. The summed E-state index contributed by atoms with van der Waals surface area (Å²) in [7, 11) is 2.67. The van der Waals surface area contributed by atoms with Crippen LogP contribution < -0.4 is 14.2 Å². The van der Waals surface area contributed by atoms with Crippen molar-refractivity contribution in [3.05, 3.63) is 41.5 Å². The van der Waals surface area contributed by atoms with Crippen molar-refractivity contribution in [1.29, 1.82) is 0 Å². The van der Waals surface area contributed by atoms with Crippen LogP contribution in [0.15, 0.2) is 24.3 Å². The van der Waals surface area contributed by atoms with Gasteiger partial charge >= 0.3 is 12.0 Å². The van der Waals surface area contributed by atoms with Crippen LogP contribution in [0.1, 0.15) is 11.7 Å². The molecule has 0 amide bonds. The number of carbonyl (C=O) groups is 1. The molecule has 0 aliphatic carbocycles. The molecule has 1 aromatic heterocycles. The lowest BCUT2D eigenvalue weighted by Gasteiger charge is -2.15. The minimum atomic E-state index is -1.71. The molecule has 0 fully saturated rings. The predicted octanol–water partition coefficient (Wildman–Crippen LogP) is 1.98. The van der Waals surface area contributed by atoms with Gasteiger partial charge in [-0.1, -0.05) is 0 Å². The number of halogens is 2. The highest BCUT2D eigenvalue weighted by Gasteiger charge is 2.25. The van der Waals surface area contributed by atoms with Crippen LogP contribution in [-0.2, 0) is 4.79 Å². The number of hydrogen-bond acceptors (Lipinski definition) is 6. The van der Waals surface area contributed by atoms with E-state index in [1.54, 1.807) is 0 Å². The second-order valence-corrected chi connectivity index (χ2v) is 4.27. The van der Waals surface area contributed by atoms with Gasteiger partial charge in [-0.25, -0.2) is 13.6 Å². The molecule has 0 aliphatic rings. The summed E-state index contributed by atoms with van der Waals surface area (Å²) >= 11 is 0. The van der Waals surface area contributed by atoms with Crippen molar-refractivity contribution < 1.29 is 32.9 Å². The van der Waals surface area contributed by atoms with Gasteiger partial charge < -0.3 is 19.3 Å². The fourth-order valence-electron chi connectivity index (χ4n) is 1.74. The van der Waals surface area contributed by atoms with E-state index in [4.69, 9.17) is 14.2 Å². The molecule has 2 aromatic rings. The Labute approximate surface area is 129 Å². The van der Waals surface area contributed by atoms with Gasteiger partial charge in [0.2, 0.25) is 17.9 Å². The normalized spacial score (nSPS) is 11.7. The Morgan fingerprint density at radius 1 is 1.04 bits per heavy atom. The van der Waals surface area contributed by atoms with Gasteiger partial charge in [0.25, 0.3) is 0 Å². The van der Waals surface area contributed by atoms with Gasteiger partial charge in [0.15, 0.2) is 0 Å². The first-order chi connectivity index (χ1) is 10.9. The van der Waals surface area contributed by atoms with Crippen molar-refractivity contribution in [1.82, 2.24) is 9.97 Å². The minimum absolute atomic E-state index is 0.0708. The van der Waals surface area contributed by atoms with Gasteiger partial charge in [0.05, 0.1) is 20.3 Å². The molecule has 1 unspecified atom stereocenters. The van der Waals surface area contributed by atoms with E-state index >= 15 is 0 Å². The number of carboxylic acids is 1. The lowest BCUT2D eigenvalue weighted by Crippen LogP contribution is -2.20. The summed E-state index contributed by atoms with van der Waals surface area (Å²) in [5.74, 6) is -3.19. The van der Waals surface area contributed by atoms with Crippen LogP contribution in [0.25, 0.3) is 0 Å². The summed E-state index contributed by atoms with van der Waals surface area (Å²) in [6.07, 6.45) is -1.71. The van der Waals surface area contributed by atoms with E-state index in [1.165, 1.54) is 20.3 Å². The Hall–Kier alpha value is -2.97. The van der Waals surface area contributed by atoms with Gasteiger partial charge in [-0.2, -0.15) is 9.97 Å². The molecular weight excluding hydrogens is 314 g/mol. The highest BCUT2D eigenvalue weighted by Crippen LogP contribution is 2.25. The number of aromatic nitrogens is 2. The quantitative estimate of drug-likeness (QED) is 0.868. The first kappa shape index (κ1) is 16.4. The van der Waals surface area contributed by atoms with Crippen molar-refractivity contribution in [2.24, 2.45) is 0 Å². The first-order valence-corrected chi connectivity index (χ1v) is 6.25. The van der Waals surface area contributed by atoms with Crippen LogP contribution >= 0.6 is 0 Å². The van der Waals surface area contributed by atoms with Gasteiger partial charge in [0, 0.05) is 11.6 Å². The Kier molecular flexibility index (Phi) is 4.89. The monoisotopic (exact) mass is 326 g/mol. The molecule has 0 radical (unpaired) electrons. The Morgan fingerprint density at radius 3 is 2.00 bits per heavy atom. The number of hydrogen-bond donors (Lipinski definition) is 1. The molecule has 0 saturated heterocycles. The molecule has 0 spiro atoms. The Bertz CT molecular complexity index is 684. The Balaban J connectivity index is 2.38. The molecule has 0 bridgehead atoms. The van der Waals surface area contributed by atoms with E-state index in [1.807, 2.05) is 0 Å². The summed E-state index contributed by atoms with van der Waals surface area (Å²) in [5.41, 5.74) is -0.236. The molecule has 122 valence electrons. The highest BCUT2D eigenvalue weighted by molar-refractivity contribution is 5.74. The van der Waals surface area contributed by atoms with Crippen LogP contribution in [0.5, 0.6) is 17.8 Å². The van der Waals surface area contributed by atoms with Crippen molar-refractivity contribution in [2.75, 3.05) is 14.2 Å². The molecule has 2 rings (SSSR count). The van der Waals surface area contributed by atoms with Gasteiger partial charge in [-0.05, 0) is 12.1 Å². The fraction of sp³-hybridized carbons (Fsp3) is 0.214. The van der Waals surface area contributed by atoms with Gasteiger partial charge in [-0.3, -0.25) is 0 Å². The molecule has 23 heavy (non-hydrogen) atoms. The van der Waals surface area contributed by atoms with Crippen LogP contribution in [0.3, 0.4) is 0 Å². The number of carboxylic acid groups (broad SMARTS) is 1. The molecular formula is C14H12F2N2O5. The van der Waals surface area contributed by atoms with Gasteiger partial charge in [-0.15, -0.1) is 0 Å². The molecule has 0 saturated carbocycles. The third kappa shape index (κ3) is 4.02. The van der Waals surface area contributed by atoms with Crippen LogP contribution in [0.2, 0.25) is 0 Å². The molecule has 7 nitrogen and oxygen atoms in total. The van der Waals surface area contributed by atoms with Crippen LogP contribution in [0, 0.1) is 11.6 Å². The lowest BCUT2D eigenvalue weighted by atomic mass is 10.1. The van der Waals surface area contributed by atoms with Crippen molar-refractivity contribution in [3.63, 3.8) is 0 Å². The van der Waals surface area contributed by atoms with E-state index in [9.17, 15) is 18.7 Å². The maximum Gasteiger partial charge on any atom is 0.349 e. The maximum absolute atomic E-state index is 13.3. The number of aliphatic carboxylic acids is 1. The smallest absolute Gasteiger partial charge is 0.349 e. The van der Waals surface area contributed by atoms with E-state index in [2.05, 4.69) is 9.97 Å². The SMILES string of the molecule is COc1cc(OC)nc(OC(C(=O)O)c2cc(F)cc(F)c2)n1. The maximum atomic E-state index is 13.3. The zero-order chi connectivity index (χ0) is 17.0. The highest BCUT2D eigenvalue weighted by atomic mass is 19.1. The third-order valence-corrected chi connectivity index (χ3v) is 2.71. The van der Waals surface area contributed by atoms with Crippen LogP contribution in [0.4, 0.5) is 8.78 Å². The standard InChI is InChI=1S/C14H12F2N2O5/c1-21-10-6-11(22-2)18-14(17-10)23-12(13(19)20)7-3-8(15)5-9(16)4-7/h3-6,12H,1-2H3,(H,19,20). The topological polar surface area (TPSA) is 90.8 Å². The summed E-state index contributed by atoms with van der Waals surface area (Å²) in [5, 5.41) is 9.23. The molecule has 0 aliphatic heterocycles. The summed E-state index contributed by atoms with van der Waals surface area (Å²) in [6.45, 7) is 0. The number of nitrogens with zero attached hydrogens (tertiary/aromatic N) is 2. The van der Waals surface area contributed by atoms with E-state index in [0.717, 1.165) is 12.1 Å². The zero-order valence-corrected chi connectivity index (χ0v) is 12.1. The van der Waals surface area contributed by atoms with E-state index in [-0.39, 0.29) is 23.3 Å². The van der Waals surface area contributed by atoms with E-state index in [0.29, 0.717) is 6.07 Å². The summed E-state index contributed by atoms with van der Waals surface area (Å²) < 4.78 is 41.5. The predicted molar refractivity (Wildman–Crippen MR) is 72.5 cm³/mol. The molecule has 1 aromatic carbocycles. The number of ether oxygens (including phenoxy) is 3. The van der Waals surface area contributed by atoms with Crippen molar-refractivity contribution >= 4 is 5.97 Å². The molecule has 1 heterocycles. The molecule has 1 N–H and O–H groups in total. The van der Waals surface area contributed by atoms with Crippen molar-refractivity contribution in [2.45, 2.75) is 6.10 Å². The lowest BCUT2D eigenvalue weighted by molar-refractivity contribution is -0.145. The number of methoxy groups -OCH3 is 2. The first-order valence-electron chi connectivity index (χ1n) is 6.25. The van der Waals surface area contributed by atoms with Gasteiger partial charge in [0.1, 0.15) is 11.6 Å². The van der Waals surface area contributed by atoms with Crippen LogP contribution in [-0.4, -0.2) is 35.3 Å². The third-order valence-electron chi connectivity index (χ3n) is 2.71. The number of benzene rings is 1. The molecule has 1 atom stereocenters. The number of rotatable bonds is 6. The summed E-state index contributed by atoms with van der Waals surface area (Å²) in [6, 6.07) is 3.29. The second-order valence-electron chi connectivity index (χ2n) is 4.27. The molecule has 9 heteroatoms. The fourth-order valence-corrected chi connectivity index (χ4v) is 1.74. The largest absolute Gasteiger partial charge is 0.481 e. The Morgan fingerprint density at radius 2 is 1.57 bits per heavy atom.